The van der Waals surface area contributed by atoms with Gasteiger partial charge in [0.05, 0.1) is 0 Å². The molecule has 5 aliphatic rings. The van der Waals surface area contributed by atoms with Crippen LogP contribution in [0.1, 0.15) is 65.2 Å². The van der Waals surface area contributed by atoms with Gasteiger partial charge in [-0.05, 0) is 87.4 Å². The zero-order chi connectivity index (χ0) is 18.3. The van der Waals surface area contributed by atoms with E-state index in [4.69, 9.17) is 0 Å². The van der Waals surface area contributed by atoms with E-state index in [2.05, 4.69) is 30.1 Å². The number of rotatable bonds is 4. The van der Waals surface area contributed by atoms with Gasteiger partial charge in [0.2, 0.25) is 0 Å². The Bertz CT molecular complexity index is 597. The average molecular weight is 356 g/mol. The molecule has 2 atom stereocenters. The lowest BCUT2D eigenvalue weighted by atomic mass is 9.48. The molecule has 1 saturated heterocycles. The summed E-state index contributed by atoms with van der Waals surface area (Å²) in [6.45, 7) is 6.32. The number of hydrogen-bond donors (Lipinski definition) is 1. The lowest BCUT2D eigenvalue weighted by molar-refractivity contribution is -0.122. The highest BCUT2D eigenvalue weighted by molar-refractivity contribution is 5.97. The second-order valence-electron chi connectivity index (χ2n) is 9.87. The Labute approximate surface area is 158 Å². The molecule has 1 amide bonds. The fraction of sp³-hybridized carbons (Fsp3) is 0.818. The first-order valence-electron chi connectivity index (χ1n) is 10.6. The van der Waals surface area contributed by atoms with E-state index in [9.17, 15) is 10.1 Å². The molecule has 0 aromatic rings. The SMILES string of the molecule is CC1CCCN(/C=C(/C#N)C(=O)NC(C)C23CC4CC(CC(C4)C2)C3)C1. The minimum Gasteiger partial charge on any atom is -0.376 e. The van der Waals surface area contributed by atoms with Crippen LogP contribution in [0.3, 0.4) is 0 Å². The van der Waals surface area contributed by atoms with Gasteiger partial charge in [-0.15, -0.1) is 0 Å². The Morgan fingerprint density at radius 2 is 1.85 bits per heavy atom. The molecule has 1 heterocycles. The predicted octanol–water partition coefficient (Wildman–Crippen LogP) is 3.85. The third-order valence-electron chi connectivity index (χ3n) is 7.72. The van der Waals surface area contributed by atoms with Crippen molar-refractivity contribution in [3.05, 3.63) is 11.8 Å². The second kappa shape index (κ2) is 6.91. The largest absolute Gasteiger partial charge is 0.376 e. The number of nitriles is 1. The Balaban J connectivity index is 1.42. The normalized spacial score (nSPS) is 40.2. The Hall–Kier alpha value is -1.50. The second-order valence-corrected chi connectivity index (χ2v) is 9.87. The number of carbonyl (C=O) groups excluding carboxylic acids is 1. The van der Waals surface area contributed by atoms with Crippen LogP contribution in [-0.2, 0) is 4.79 Å². The van der Waals surface area contributed by atoms with E-state index in [1.807, 2.05) is 0 Å². The number of nitrogens with one attached hydrogen (secondary N) is 1. The van der Waals surface area contributed by atoms with E-state index >= 15 is 0 Å². The summed E-state index contributed by atoms with van der Waals surface area (Å²) in [5.41, 5.74) is 0.556. The molecule has 1 aliphatic heterocycles. The van der Waals surface area contributed by atoms with Crippen molar-refractivity contribution < 1.29 is 4.79 Å². The summed E-state index contributed by atoms with van der Waals surface area (Å²) in [6, 6.07) is 2.32. The van der Waals surface area contributed by atoms with E-state index in [1.54, 1.807) is 6.20 Å². The standard InChI is InChI=1S/C22H33N3O/c1-15-4-3-5-25(13-15)14-20(12-23)21(26)24-16(2)22-9-17-6-18(10-22)8-19(7-17)11-22/h14-19H,3-11,13H2,1-2H3,(H,24,26)/b20-14-. The fourth-order valence-electron chi connectivity index (χ4n) is 6.80. The van der Waals surface area contributed by atoms with E-state index in [0.29, 0.717) is 5.92 Å². The van der Waals surface area contributed by atoms with Gasteiger partial charge in [0.15, 0.2) is 0 Å². The molecule has 0 aromatic heterocycles. The zero-order valence-electron chi connectivity index (χ0n) is 16.3. The summed E-state index contributed by atoms with van der Waals surface area (Å²) in [7, 11) is 0. The molecule has 5 rings (SSSR count). The fourth-order valence-corrected chi connectivity index (χ4v) is 6.80. The molecule has 2 unspecified atom stereocenters. The van der Waals surface area contributed by atoms with E-state index in [0.717, 1.165) is 37.3 Å². The van der Waals surface area contributed by atoms with E-state index in [1.165, 1.54) is 44.9 Å². The highest BCUT2D eigenvalue weighted by atomic mass is 16.1. The predicted molar refractivity (Wildman–Crippen MR) is 102 cm³/mol. The Morgan fingerprint density at radius 1 is 1.23 bits per heavy atom. The van der Waals surface area contributed by atoms with Crippen molar-refractivity contribution >= 4 is 5.91 Å². The topological polar surface area (TPSA) is 56.1 Å². The van der Waals surface area contributed by atoms with Crippen molar-refractivity contribution in [3.63, 3.8) is 0 Å². The van der Waals surface area contributed by atoms with E-state index < -0.39 is 0 Å². The number of carbonyl (C=O) groups is 1. The first-order chi connectivity index (χ1) is 12.5. The molecule has 4 nitrogen and oxygen atoms in total. The summed E-state index contributed by atoms with van der Waals surface area (Å²) in [5, 5.41) is 12.8. The number of piperidine rings is 1. The third kappa shape index (κ3) is 3.38. The van der Waals surface area contributed by atoms with Crippen molar-refractivity contribution in [2.75, 3.05) is 13.1 Å². The molecule has 0 spiro atoms. The zero-order valence-corrected chi connectivity index (χ0v) is 16.3. The highest BCUT2D eigenvalue weighted by Crippen LogP contribution is 2.61. The van der Waals surface area contributed by atoms with Crippen LogP contribution in [0.4, 0.5) is 0 Å². The Morgan fingerprint density at radius 3 is 2.38 bits per heavy atom. The van der Waals surface area contributed by atoms with Gasteiger partial charge in [0.1, 0.15) is 11.6 Å². The van der Waals surface area contributed by atoms with Crippen LogP contribution in [-0.4, -0.2) is 29.9 Å². The summed E-state index contributed by atoms with van der Waals surface area (Å²) in [4.78, 5) is 15.0. The number of amides is 1. The number of likely N-dealkylation sites (tertiary alicyclic amines) is 1. The molecule has 4 aliphatic carbocycles. The molecule has 4 saturated carbocycles. The number of hydrogen-bond acceptors (Lipinski definition) is 3. The van der Waals surface area contributed by atoms with Gasteiger partial charge in [-0.3, -0.25) is 4.79 Å². The van der Waals surface area contributed by atoms with Crippen molar-refractivity contribution in [2.24, 2.45) is 29.1 Å². The first-order valence-corrected chi connectivity index (χ1v) is 10.6. The third-order valence-corrected chi connectivity index (χ3v) is 7.72. The average Bonchev–Trinajstić information content (AvgIpc) is 2.58. The summed E-state index contributed by atoms with van der Waals surface area (Å²) in [5.74, 6) is 3.09. The van der Waals surface area contributed by atoms with Crippen LogP contribution in [0.2, 0.25) is 0 Å². The first kappa shape index (κ1) is 17.9. The van der Waals surface area contributed by atoms with Crippen molar-refractivity contribution in [1.29, 1.82) is 5.26 Å². The molecule has 5 fully saturated rings. The molecule has 4 heteroatoms. The maximum absolute atomic E-state index is 12.8. The van der Waals surface area contributed by atoms with Gasteiger partial charge >= 0.3 is 0 Å². The molecule has 4 bridgehead atoms. The van der Waals surface area contributed by atoms with Gasteiger partial charge in [0, 0.05) is 25.3 Å². The van der Waals surface area contributed by atoms with Crippen LogP contribution < -0.4 is 5.32 Å². The molecular weight excluding hydrogens is 322 g/mol. The lowest BCUT2D eigenvalue weighted by Crippen LogP contribution is -2.56. The van der Waals surface area contributed by atoms with E-state index in [-0.39, 0.29) is 22.9 Å². The van der Waals surface area contributed by atoms with Crippen molar-refractivity contribution in [3.8, 4) is 6.07 Å². The van der Waals surface area contributed by atoms with Crippen LogP contribution in [0.15, 0.2) is 11.8 Å². The van der Waals surface area contributed by atoms with Gasteiger partial charge < -0.3 is 10.2 Å². The van der Waals surface area contributed by atoms with Crippen LogP contribution >= 0.6 is 0 Å². The van der Waals surface area contributed by atoms with Crippen molar-refractivity contribution in [1.82, 2.24) is 10.2 Å². The summed E-state index contributed by atoms with van der Waals surface area (Å²) in [6.07, 6.45) is 12.2. The van der Waals surface area contributed by atoms with Gasteiger partial charge in [-0.25, -0.2) is 0 Å². The quantitative estimate of drug-likeness (QED) is 0.616. The van der Waals surface area contributed by atoms with Crippen LogP contribution in [0.25, 0.3) is 0 Å². The number of nitrogens with zero attached hydrogens (tertiary/aromatic N) is 2. The maximum Gasteiger partial charge on any atom is 0.263 e. The molecule has 0 radical (unpaired) electrons. The lowest BCUT2D eigenvalue weighted by Gasteiger charge is -2.59. The molecule has 142 valence electrons. The van der Waals surface area contributed by atoms with Crippen molar-refractivity contribution in [2.45, 2.75) is 71.3 Å². The van der Waals surface area contributed by atoms with Gasteiger partial charge in [-0.2, -0.15) is 5.26 Å². The smallest absolute Gasteiger partial charge is 0.263 e. The highest BCUT2D eigenvalue weighted by Gasteiger charge is 2.53. The summed E-state index contributed by atoms with van der Waals surface area (Å²) >= 11 is 0. The van der Waals surface area contributed by atoms with Crippen LogP contribution in [0.5, 0.6) is 0 Å². The minimum atomic E-state index is -0.172. The molecule has 1 N–H and O–H groups in total. The van der Waals surface area contributed by atoms with Gasteiger partial charge in [-0.1, -0.05) is 6.92 Å². The van der Waals surface area contributed by atoms with Gasteiger partial charge in [0.25, 0.3) is 5.91 Å². The van der Waals surface area contributed by atoms with Crippen LogP contribution in [0, 0.1) is 40.4 Å². The summed E-state index contributed by atoms with van der Waals surface area (Å²) < 4.78 is 0. The Kier molecular flexibility index (Phi) is 4.75. The monoisotopic (exact) mass is 355 g/mol. The molecule has 0 aromatic carbocycles. The molecule has 26 heavy (non-hydrogen) atoms. The minimum absolute atomic E-state index is 0.167. The molecular formula is C22H33N3O. The maximum atomic E-state index is 12.8.